The number of hydrogen-bond donors (Lipinski definition) is 1. The van der Waals surface area contributed by atoms with Crippen molar-refractivity contribution in [2.24, 2.45) is 5.92 Å². The van der Waals surface area contributed by atoms with E-state index in [0.717, 1.165) is 12.8 Å². The van der Waals surface area contributed by atoms with Gasteiger partial charge in [0.1, 0.15) is 0 Å². The highest BCUT2D eigenvalue weighted by molar-refractivity contribution is 7.89. The molecule has 25 heavy (non-hydrogen) atoms. The first-order chi connectivity index (χ1) is 11.9. The first kappa shape index (κ1) is 20.2. The lowest BCUT2D eigenvalue weighted by Gasteiger charge is -2.24. The Bertz CT molecular complexity index is 655. The number of carbonyl (C=O) groups excluding carboxylic acids is 1. The second-order valence-corrected chi connectivity index (χ2v) is 8.97. The van der Waals surface area contributed by atoms with Gasteiger partial charge in [-0.05, 0) is 49.4 Å². The lowest BCUT2D eigenvalue weighted by Crippen LogP contribution is -2.42. The van der Waals surface area contributed by atoms with Crippen LogP contribution in [0.2, 0.25) is 5.02 Å². The minimum atomic E-state index is -3.70. The van der Waals surface area contributed by atoms with Gasteiger partial charge in [0.2, 0.25) is 15.9 Å². The maximum Gasteiger partial charge on any atom is 0.243 e. The van der Waals surface area contributed by atoms with E-state index in [4.69, 9.17) is 11.6 Å². The summed E-state index contributed by atoms with van der Waals surface area (Å²) in [6, 6.07) is 6.03. The molecule has 1 aromatic carbocycles. The van der Waals surface area contributed by atoms with Crippen LogP contribution in [0.15, 0.2) is 29.2 Å². The maximum atomic E-state index is 12.8. The van der Waals surface area contributed by atoms with Crippen LogP contribution in [-0.2, 0) is 14.8 Å². The number of halogens is 1. The molecule has 7 heteroatoms. The first-order valence-corrected chi connectivity index (χ1v) is 10.8. The zero-order chi connectivity index (χ0) is 18.3. The molecule has 1 saturated carbocycles. The summed E-state index contributed by atoms with van der Waals surface area (Å²) >= 11 is 5.83. The summed E-state index contributed by atoms with van der Waals surface area (Å²) in [6.07, 6.45) is 6.63. The standard InChI is InChI=1S/C18H27ClN2O3S/c1-2-12-21(25(23,24)17-10-8-16(19)9-11-17)14-18(22)20-13-15-6-4-3-5-7-15/h8-11,15H,2-7,12-14H2,1H3,(H,20,22). The van der Waals surface area contributed by atoms with Gasteiger partial charge >= 0.3 is 0 Å². The molecule has 1 fully saturated rings. The van der Waals surface area contributed by atoms with E-state index in [0.29, 0.717) is 30.5 Å². The molecule has 140 valence electrons. The van der Waals surface area contributed by atoms with Crippen LogP contribution in [0.3, 0.4) is 0 Å². The summed E-state index contributed by atoms with van der Waals surface area (Å²) in [5.41, 5.74) is 0. The van der Waals surface area contributed by atoms with Crippen LogP contribution in [0, 0.1) is 5.92 Å². The maximum absolute atomic E-state index is 12.8. The number of hydrogen-bond acceptors (Lipinski definition) is 3. The van der Waals surface area contributed by atoms with E-state index in [1.807, 2.05) is 6.92 Å². The molecule has 1 amide bonds. The summed E-state index contributed by atoms with van der Waals surface area (Å²) in [7, 11) is -3.70. The van der Waals surface area contributed by atoms with Gasteiger partial charge in [-0.2, -0.15) is 4.31 Å². The topological polar surface area (TPSA) is 66.5 Å². The molecule has 0 radical (unpaired) electrons. The SMILES string of the molecule is CCCN(CC(=O)NCC1CCCCC1)S(=O)(=O)c1ccc(Cl)cc1. The van der Waals surface area contributed by atoms with Crippen LogP contribution in [-0.4, -0.2) is 38.3 Å². The monoisotopic (exact) mass is 386 g/mol. The summed E-state index contributed by atoms with van der Waals surface area (Å²) in [4.78, 5) is 12.4. The molecule has 1 aliphatic carbocycles. The fourth-order valence-corrected chi connectivity index (χ4v) is 4.77. The van der Waals surface area contributed by atoms with Crippen molar-refractivity contribution in [3.63, 3.8) is 0 Å². The Morgan fingerprint density at radius 2 is 1.84 bits per heavy atom. The third-order valence-electron chi connectivity index (χ3n) is 4.56. The van der Waals surface area contributed by atoms with Crippen molar-refractivity contribution in [2.75, 3.05) is 19.6 Å². The van der Waals surface area contributed by atoms with E-state index < -0.39 is 10.0 Å². The van der Waals surface area contributed by atoms with Gasteiger partial charge in [0, 0.05) is 18.1 Å². The predicted molar refractivity (Wildman–Crippen MR) is 100 cm³/mol. The fraction of sp³-hybridized carbons (Fsp3) is 0.611. The molecule has 0 aliphatic heterocycles. The molecular formula is C18H27ClN2O3S. The van der Waals surface area contributed by atoms with Gasteiger partial charge in [-0.3, -0.25) is 4.79 Å². The van der Waals surface area contributed by atoms with Crippen LogP contribution in [0.1, 0.15) is 45.4 Å². The first-order valence-electron chi connectivity index (χ1n) is 8.96. The van der Waals surface area contributed by atoms with E-state index in [9.17, 15) is 13.2 Å². The molecule has 0 atom stereocenters. The molecule has 0 spiro atoms. The number of benzene rings is 1. The van der Waals surface area contributed by atoms with Gasteiger partial charge < -0.3 is 5.32 Å². The molecule has 0 saturated heterocycles. The van der Waals surface area contributed by atoms with Gasteiger partial charge in [0.25, 0.3) is 0 Å². The number of carbonyl (C=O) groups is 1. The van der Waals surface area contributed by atoms with Gasteiger partial charge in [-0.25, -0.2) is 8.42 Å². The Balaban J connectivity index is 1.98. The Hall–Kier alpha value is -1.11. The van der Waals surface area contributed by atoms with Gasteiger partial charge in [-0.15, -0.1) is 0 Å². The average Bonchev–Trinajstić information content (AvgIpc) is 2.61. The highest BCUT2D eigenvalue weighted by Gasteiger charge is 2.26. The number of amides is 1. The minimum Gasteiger partial charge on any atom is -0.355 e. The highest BCUT2D eigenvalue weighted by Crippen LogP contribution is 2.23. The van der Waals surface area contributed by atoms with E-state index in [1.54, 1.807) is 12.1 Å². The summed E-state index contributed by atoms with van der Waals surface area (Å²) in [5.74, 6) is 0.279. The molecule has 0 unspecified atom stereocenters. The van der Waals surface area contributed by atoms with E-state index in [2.05, 4.69) is 5.32 Å². The van der Waals surface area contributed by atoms with Crippen molar-refractivity contribution in [1.82, 2.24) is 9.62 Å². The second kappa shape index (κ2) is 9.55. The number of rotatable bonds is 8. The van der Waals surface area contributed by atoms with Crippen LogP contribution in [0.4, 0.5) is 0 Å². The molecule has 1 aliphatic rings. The third kappa shape index (κ3) is 5.97. The molecule has 1 aromatic rings. The van der Waals surface area contributed by atoms with Crippen LogP contribution < -0.4 is 5.32 Å². The van der Waals surface area contributed by atoms with E-state index in [-0.39, 0.29) is 17.3 Å². The van der Waals surface area contributed by atoms with Gasteiger partial charge in [0.15, 0.2) is 0 Å². The smallest absolute Gasteiger partial charge is 0.243 e. The minimum absolute atomic E-state index is 0.147. The van der Waals surface area contributed by atoms with Crippen molar-refractivity contribution >= 4 is 27.5 Å². The quantitative estimate of drug-likeness (QED) is 0.744. The zero-order valence-electron chi connectivity index (χ0n) is 14.7. The number of nitrogens with zero attached hydrogens (tertiary/aromatic N) is 1. The predicted octanol–water partition coefficient (Wildman–Crippen LogP) is 3.44. The van der Waals surface area contributed by atoms with Crippen molar-refractivity contribution in [3.8, 4) is 0 Å². The molecule has 0 bridgehead atoms. The summed E-state index contributed by atoms with van der Waals surface area (Å²) < 4.78 is 26.8. The van der Waals surface area contributed by atoms with Crippen molar-refractivity contribution < 1.29 is 13.2 Å². The molecule has 5 nitrogen and oxygen atoms in total. The lowest BCUT2D eigenvalue weighted by atomic mass is 9.89. The zero-order valence-corrected chi connectivity index (χ0v) is 16.3. The summed E-state index contributed by atoms with van der Waals surface area (Å²) in [6.45, 7) is 2.69. The van der Waals surface area contributed by atoms with E-state index in [1.165, 1.54) is 35.7 Å². The molecule has 0 heterocycles. The van der Waals surface area contributed by atoms with Crippen LogP contribution in [0.25, 0.3) is 0 Å². The van der Waals surface area contributed by atoms with Gasteiger partial charge in [0.05, 0.1) is 11.4 Å². The molecule has 0 aromatic heterocycles. The number of nitrogens with one attached hydrogen (secondary N) is 1. The van der Waals surface area contributed by atoms with Crippen molar-refractivity contribution in [1.29, 1.82) is 0 Å². The normalized spacial score (nSPS) is 16.1. The molecular weight excluding hydrogens is 360 g/mol. The van der Waals surface area contributed by atoms with Crippen molar-refractivity contribution in [2.45, 2.75) is 50.3 Å². The Morgan fingerprint density at radius 1 is 1.20 bits per heavy atom. The third-order valence-corrected chi connectivity index (χ3v) is 6.67. The highest BCUT2D eigenvalue weighted by atomic mass is 35.5. The second-order valence-electron chi connectivity index (χ2n) is 6.60. The average molecular weight is 387 g/mol. The summed E-state index contributed by atoms with van der Waals surface area (Å²) in [5, 5.41) is 3.39. The Labute approximate surface area is 155 Å². The molecule has 1 N–H and O–H groups in total. The lowest BCUT2D eigenvalue weighted by molar-refractivity contribution is -0.121. The Kier molecular flexibility index (Phi) is 7.72. The van der Waals surface area contributed by atoms with Crippen LogP contribution in [0.5, 0.6) is 0 Å². The largest absolute Gasteiger partial charge is 0.355 e. The molecule has 2 rings (SSSR count). The van der Waals surface area contributed by atoms with E-state index >= 15 is 0 Å². The Morgan fingerprint density at radius 3 is 2.44 bits per heavy atom. The van der Waals surface area contributed by atoms with Gasteiger partial charge in [-0.1, -0.05) is 37.8 Å². The van der Waals surface area contributed by atoms with Crippen LogP contribution >= 0.6 is 11.6 Å². The van der Waals surface area contributed by atoms with Crippen molar-refractivity contribution in [3.05, 3.63) is 29.3 Å². The number of sulfonamides is 1. The fourth-order valence-electron chi connectivity index (χ4n) is 3.15.